The van der Waals surface area contributed by atoms with Gasteiger partial charge in [-0.1, -0.05) is 20.8 Å². The first-order chi connectivity index (χ1) is 9.42. The van der Waals surface area contributed by atoms with Gasteiger partial charge in [0.25, 0.3) is 0 Å². The Hall–Kier alpha value is -1.06. The summed E-state index contributed by atoms with van der Waals surface area (Å²) < 4.78 is 0. The molecule has 4 heteroatoms. The number of carbonyl (C=O) groups excluding carboxylic acids is 2. The minimum absolute atomic E-state index is 0.0232. The maximum absolute atomic E-state index is 12.9. The van der Waals surface area contributed by atoms with Crippen LogP contribution >= 0.6 is 0 Å². The molecule has 2 amide bonds. The summed E-state index contributed by atoms with van der Waals surface area (Å²) in [6.45, 7) is 8.09. The van der Waals surface area contributed by atoms with Crippen molar-refractivity contribution in [1.29, 1.82) is 0 Å². The second kappa shape index (κ2) is 5.74. The minimum Gasteiger partial charge on any atom is -0.340 e. The Morgan fingerprint density at radius 1 is 1.20 bits per heavy atom. The van der Waals surface area contributed by atoms with Crippen LogP contribution in [0.25, 0.3) is 0 Å². The second-order valence-corrected chi connectivity index (χ2v) is 6.73. The van der Waals surface area contributed by atoms with Gasteiger partial charge in [-0.2, -0.15) is 0 Å². The van der Waals surface area contributed by atoms with Crippen molar-refractivity contribution in [2.45, 2.75) is 83.8 Å². The van der Waals surface area contributed by atoms with E-state index in [2.05, 4.69) is 12.2 Å². The number of hydrogen-bond acceptors (Lipinski definition) is 2. The first-order valence-corrected chi connectivity index (χ1v) is 8.07. The van der Waals surface area contributed by atoms with Crippen LogP contribution in [0.5, 0.6) is 0 Å². The molecule has 2 fully saturated rings. The number of rotatable bonds is 3. The first-order valence-electron chi connectivity index (χ1n) is 8.07. The highest BCUT2D eigenvalue weighted by Gasteiger charge is 2.48. The van der Waals surface area contributed by atoms with Crippen molar-refractivity contribution < 1.29 is 9.59 Å². The average molecular weight is 280 g/mol. The SMILES string of the molecule is CCC1C(=O)NC(C)(CC)C(=O)N1C1CCC(C)CC1. The van der Waals surface area contributed by atoms with Gasteiger partial charge in [0.1, 0.15) is 11.6 Å². The van der Waals surface area contributed by atoms with Crippen molar-refractivity contribution in [3.8, 4) is 0 Å². The van der Waals surface area contributed by atoms with Crippen molar-refractivity contribution in [2.75, 3.05) is 0 Å². The van der Waals surface area contributed by atoms with Crippen LogP contribution in [0, 0.1) is 5.92 Å². The lowest BCUT2D eigenvalue weighted by molar-refractivity contribution is -0.158. The van der Waals surface area contributed by atoms with E-state index in [1.807, 2.05) is 25.7 Å². The van der Waals surface area contributed by atoms with Gasteiger partial charge in [-0.3, -0.25) is 9.59 Å². The molecule has 2 unspecified atom stereocenters. The van der Waals surface area contributed by atoms with Crippen LogP contribution in [-0.4, -0.2) is 34.3 Å². The Labute approximate surface area is 122 Å². The summed E-state index contributed by atoms with van der Waals surface area (Å²) in [5.41, 5.74) is -0.716. The second-order valence-electron chi connectivity index (χ2n) is 6.73. The monoisotopic (exact) mass is 280 g/mol. The maximum Gasteiger partial charge on any atom is 0.248 e. The van der Waals surface area contributed by atoms with Gasteiger partial charge in [-0.05, 0) is 51.4 Å². The summed E-state index contributed by atoms with van der Waals surface area (Å²) in [6, 6.07) is -0.0268. The quantitative estimate of drug-likeness (QED) is 0.863. The van der Waals surface area contributed by atoms with Gasteiger partial charge in [-0.25, -0.2) is 0 Å². The standard InChI is InChI=1S/C16H28N2O2/c1-5-13-14(19)17-16(4,6-2)15(20)18(13)12-9-7-11(3)8-10-12/h11-13H,5-10H2,1-4H3,(H,17,19). The predicted octanol–water partition coefficient (Wildman–Crippen LogP) is 2.47. The van der Waals surface area contributed by atoms with Crippen LogP contribution < -0.4 is 5.32 Å². The molecule has 0 radical (unpaired) electrons. The number of nitrogens with one attached hydrogen (secondary N) is 1. The van der Waals surface area contributed by atoms with Crippen molar-refractivity contribution in [3.05, 3.63) is 0 Å². The van der Waals surface area contributed by atoms with Gasteiger partial charge in [0.2, 0.25) is 11.8 Å². The number of amides is 2. The molecule has 2 aliphatic rings. The van der Waals surface area contributed by atoms with E-state index in [-0.39, 0.29) is 23.9 Å². The molecular weight excluding hydrogens is 252 g/mol. The fraction of sp³-hybridized carbons (Fsp3) is 0.875. The van der Waals surface area contributed by atoms with Crippen molar-refractivity contribution in [1.82, 2.24) is 10.2 Å². The van der Waals surface area contributed by atoms with Crippen molar-refractivity contribution in [3.63, 3.8) is 0 Å². The highest BCUT2D eigenvalue weighted by molar-refractivity contribution is 5.99. The molecule has 0 bridgehead atoms. The Bertz CT molecular complexity index is 388. The molecule has 0 aromatic rings. The van der Waals surface area contributed by atoms with Crippen molar-refractivity contribution >= 4 is 11.8 Å². The van der Waals surface area contributed by atoms with Gasteiger partial charge in [0, 0.05) is 6.04 Å². The Morgan fingerprint density at radius 3 is 2.30 bits per heavy atom. The summed E-state index contributed by atoms with van der Waals surface area (Å²) in [7, 11) is 0. The zero-order valence-electron chi connectivity index (χ0n) is 13.2. The lowest BCUT2D eigenvalue weighted by Crippen LogP contribution is -2.70. The van der Waals surface area contributed by atoms with Gasteiger partial charge < -0.3 is 10.2 Å². The van der Waals surface area contributed by atoms with Crippen LogP contribution in [0.1, 0.15) is 66.2 Å². The van der Waals surface area contributed by atoms with Gasteiger partial charge in [-0.15, -0.1) is 0 Å². The fourth-order valence-electron chi connectivity index (χ4n) is 3.52. The van der Waals surface area contributed by atoms with Crippen LogP contribution in [0.3, 0.4) is 0 Å². The molecule has 4 nitrogen and oxygen atoms in total. The molecule has 0 aromatic heterocycles. The molecule has 1 heterocycles. The predicted molar refractivity (Wildman–Crippen MR) is 79.2 cm³/mol. The van der Waals surface area contributed by atoms with E-state index in [0.717, 1.165) is 31.6 Å². The summed E-state index contributed by atoms with van der Waals surface area (Å²) >= 11 is 0. The van der Waals surface area contributed by atoms with Crippen LogP contribution in [-0.2, 0) is 9.59 Å². The smallest absolute Gasteiger partial charge is 0.248 e. The van der Waals surface area contributed by atoms with Crippen LogP contribution in [0.4, 0.5) is 0 Å². The molecule has 1 aliphatic heterocycles. The topological polar surface area (TPSA) is 49.4 Å². The van der Waals surface area contributed by atoms with Crippen LogP contribution in [0.2, 0.25) is 0 Å². The Kier molecular flexibility index (Phi) is 4.40. The van der Waals surface area contributed by atoms with Crippen molar-refractivity contribution in [2.24, 2.45) is 5.92 Å². The lowest BCUT2D eigenvalue weighted by atomic mass is 9.83. The summed E-state index contributed by atoms with van der Waals surface area (Å²) in [5.74, 6) is 0.888. The Balaban J connectivity index is 2.25. The molecular formula is C16H28N2O2. The molecule has 1 saturated carbocycles. The van der Waals surface area contributed by atoms with E-state index < -0.39 is 5.54 Å². The molecule has 1 N–H and O–H groups in total. The van der Waals surface area contributed by atoms with E-state index in [4.69, 9.17) is 0 Å². The largest absolute Gasteiger partial charge is 0.340 e. The minimum atomic E-state index is -0.716. The number of nitrogens with zero attached hydrogens (tertiary/aromatic N) is 1. The van der Waals surface area contributed by atoms with Gasteiger partial charge in [0.15, 0.2) is 0 Å². The molecule has 1 aliphatic carbocycles. The van der Waals surface area contributed by atoms with Gasteiger partial charge >= 0.3 is 0 Å². The van der Waals surface area contributed by atoms with E-state index in [1.165, 1.54) is 0 Å². The molecule has 1 saturated heterocycles. The van der Waals surface area contributed by atoms with E-state index in [0.29, 0.717) is 12.8 Å². The lowest BCUT2D eigenvalue weighted by Gasteiger charge is -2.48. The summed E-state index contributed by atoms with van der Waals surface area (Å²) in [5, 5.41) is 2.94. The number of carbonyl (C=O) groups is 2. The summed E-state index contributed by atoms with van der Waals surface area (Å²) in [6.07, 6.45) is 5.74. The number of piperazine rings is 1. The summed E-state index contributed by atoms with van der Waals surface area (Å²) in [4.78, 5) is 27.2. The molecule has 2 rings (SSSR count). The maximum atomic E-state index is 12.9. The highest BCUT2D eigenvalue weighted by Crippen LogP contribution is 2.33. The average Bonchev–Trinajstić information content (AvgIpc) is 2.43. The third kappa shape index (κ3) is 2.57. The van der Waals surface area contributed by atoms with Crippen LogP contribution in [0.15, 0.2) is 0 Å². The van der Waals surface area contributed by atoms with E-state index >= 15 is 0 Å². The zero-order chi connectivity index (χ0) is 14.9. The van der Waals surface area contributed by atoms with E-state index in [9.17, 15) is 9.59 Å². The normalized spacial score (nSPS) is 38.8. The third-order valence-electron chi connectivity index (χ3n) is 5.22. The highest BCUT2D eigenvalue weighted by atomic mass is 16.2. The molecule has 0 aromatic carbocycles. The molecule has 114 valence electrons. The molecule has 0 spiro atoms. The molecule has 20 heavy (non-hydrogen) atoms. The first kappa shape index (κ1) is 15.3. The zero-order valence-corrected chi connectivity index (χ0v) is 13.2. The Morgan fingerprint density at radius 2 is 1.80 bits per heavy atom. The third-order valence-corrected chi connectivity index (χ3v) is 5.22. The fourth-order valence-corrected chi connectivity index (χ4v) is 3.52. The van der Waals surface area contributed by atoms with E-state index in [1.54, 1.807) is 0 Å². The molecule has 2 atom stereocenters. The number of hydrogen-bond donors (Lipinski definition) is 1. The van der Waals surface area contributed by atoms with Gasteiger partial charge in [0.05, 0.1) is 0 Å².